The fourth-order valence-electron chi connectivity index (χ4n) is 3.59. The molecule has 2 aliphatic rings. The van der Waals surface area contributed by atoms with Gasteiger partial charge >= 0.3 is 0 Å². The van der Waals surface area contributed by atoms with Crippen LogP contribution in [-0.2, 0) is 11.3 Å². The molecule has 0 aromatic carbocycles. The van der Waals surface area contributed by atoms with E-state index >= 15 is 0 Å². The van der Waals surface area contributed by atoms with Crippen LogP contribution in [0.2, 0.25) is 0 Å². The first kappa shape index (κ1) is 15.5. The summed E-state index contributed by atoms with van der Waals surface area (Å²) >= 11 is 1.71. The maximum Gasteiger partial charge on any atom is 0.142 e. The first-order valence-corrected chi connectivity index (χ1v) is 9.01. The van der Waals surface area contributed by atoms with Gasteiger partial charge in [0.05, 0.1) is 24.8 Å². The third-order valence-electron chi connectivity index (χ3n) is 4.66. The zero-order valence-electron chi connectivity index (χ0n) is 13.3. The van der Waals surface area contributed by atoms with Gasteiger partial charge in [-0.05, 0) is 18.6 Å². The van der Waals surface area contributed by atoms with Crippen molar-refractivity contribution in [3.8, 4) is 6.07 Å². The lowest BCUT2D eigenvalue weighted by Crippen LogP contribution is -2.33. The molecule has 2 atom stereocenters. The first-order chi connectivity index (χ1) is 11.7. The minimum Gasteiger partial charge on any atom is -0.371 e. The summed E-state index contributed by atoms with van der Waals surface area (Å²) in [6.07, 6.45) is 3.89. The Labute approximate surface area is 145 Å². The van der Waals surface area contributed by atoms with E-state index in [0.29, 0.717) is 12.3 Å². The van der Waals surface area contributed by atoms with Gasteiger partial charge in [0.25, 0.3) is 0 Å². The van der Waals surface area contributed by atoms with E-state index in [1.165, 1.54) is 0 Å². The number of nitrogens with zero attached hydrogens (tertiary/aromatic N) is 4. The fourth-order valence-corrected chi connectivity index (χ4v) is 4.25. The Morgan fingerprint density at radius 1 is 1.50 bits per heavy atom. The molecular formula is C17H19N5OS. The van der Waals surface area contributed by atoms with Crippen LogP contribution < -0.4 is 5.32 Å². The average molecular weight is 341 g/mol. The molecule has 2 aromatic heterocycles. The Kier molecular flexibility index (Phi) is 4.19. The first-order valence-electron chi connectivity index (χ1n) is 8.13. The predicted molar refractivity (Wildman–Crippen MR) is 91.7 cm³/mol. The second-order valence-corrected chi connectivity index (χ2v) is 7.42. The molecule has 0 amide bonds. The van der Waals surface area contributed by atoms with Crippen molar-refractivity contribution >= 4 is 17.2 Å². The average Bonchev–Trinajstić information content (AvgIpc) is 3.32. The number of rotatable bonds is 4. The molecule has 1 N–H and O–H groups in total. The standard InChI is InChI=1S/C17H19N5OS/c18-9-13-2-1-3-15(20-13)21-14-8-17(23-11-14)4-6-22(12-17)10-16-19-5-7-24-16/h1-3,5,7,14H,4,6,8,10-12H2,(H,20,21)/t14-,17+/m1/s1. The topological polar surface area (TPSA) is 74.1 Å². The van der Waals surface area contributed by atoms with Crippen LogP contribution in [0, 0.1) is 11.3 Å². The van der Waals surface area contributed by atoms with Crippen LogP contribution in [0.25, 0.3) is 0 Å². The SMILES string of the molecule is N#Cc1cccc(N[C@H]2CO[C@@]3(CCN(Cc4nccs4)C3)C2)n1. The van der Waals surface area contributed by atoms with Crippen molar-refractivity contribution in [2.45, 2.75) is 31.0 Å². The second-order valence-electron chi connectivity index (χ2n) is 6.45. The molecule has 0 aliphatic carbocycles. The lowest BCUT2D eigenvalue weighted by atomic mass is 9.97. The van der Waals surface area contributed by atoms with Gasteiger partial charge in [-0.25, -0.2) is 9.97 Å². The molecule has 0 bridgehead atoms. The minimum absolute atomic E-state index is 0.0538. The Morgan fingerprint density at radius 3 is 3.29 bits per heavy atom. The second kappa shape index (κ2) is 6.48. The van der Waals surface area contributed by atoms with Crippen molar-refractivity contribution < 1.29 is 4.74 Å². The zero-order chi connectivity index (χ0) is 16.4. The van der Waals surface area contributed by atoms with Gasteiger partial charge in [-0.15, -0.1) is 11.3 Å². The lowest BCUT2D eigenvalue weighted by Gasteiger charge is -2.23. The van der Waals surface area contributed by atoms with Gasteiger partial charge in [0.15, 0.2) is 0 Å². The number of anilines is 1. The Balaban J connectivity index is 1.35. The van der Waals surface area contributed by atoms with Gasteiger partial charge in [0.1, 0.15) is 22.6 Å². The molecule has 2 aromatic rings. The van der Waals surface area contributed by atoms with Gasteiger partial charge in [-0.3, -0.25) is 4.90 Å². The van der Waals surface area contributed by atoms with Crippen molar-refractivity contribution in [2.24, 2.45) is 0 Å². The Hall–Kier alpha value is -2.01. The number of hydrogen-bond acceptors (Lipinski definition) is 7. The summed E-state index contributed by atoms with van der Waals surface area (Å²) in [5.74, 6) is 0.748. The Morgan fingerprint density at radius 2 is 2.46 bits per heavy atom. The highest BCUT2D eigenvalue weighted by molar-refractivity contribution is 7.09. The molecule has 4 heterocycles. The number of thiazole rings is 1. The molecule has 4 rings (SSSR count). The molecule has 1 spiro atoms. The molecule has 124 valence electrons. The maximum absolute atomic E-state index is 8.95. The summed E-state index contributed by atoms with van der Waals surface area (Å²) in [6, 6.07) is 7.78. The number of hydrogen-bond donors (Lipinski definition) is 1. The normalized spacial score (nSPS) is 26.7. The molecule has 2 aliphatic heterocycles. The number of ether oxygens (including phenoxy) is 1. The van der Waals surface area contributed by atoms with E-state index in [1.807, 2.05) is 23.7 Å². The smallest absolute Gasteiger partial charge is 0.142 e. The zero-order valence-corrected chi connectivity index (χ0v) is 14.1. The van der Waals surface area contributed by atoms with E-state index in [9.17, 15) is 0 Å². The van der Waals surface area contributed by atoms with Crippen LogP contribution in [0.4, 0.5) is 5.82 Å². The van der Waals surface area contributed by atoms with Crippen molar-refractivity contribution in [1.29, 1.82) is 5.26 Å². The van der Waals surface area contributed by atoms with Gasteiger partial charge in [0, 0.05) is 31.1 Å². The third kappa shape index (κ3) is 3.26. The third-order valence-corrected chi connectivity index (χ3v) is 5.43. The van der Waals surface area contributed by atoms with Gasteiger partial charge in [0.2, 0.25) is 0 Å². The van der Waals surface area contributed by atoms with Crippen LogP contribution in [-0.4, -0.2) is 46.2 Å². The molecular weight excluding hydrogens is 322 g/mol. The summed E-state index contributed by atoms with van der Waals surface area (Å²) in [7, 11) is 0. The molecule has 6 nitrogen and oxygen atoms in total. The molecule has 0 unspecified atom stereocenters. The highest BCUT2D eigenvalue weighted by Crippen LogP contribution is 2.36. The van der Waals surface area contributed by atoms with Crippen molar-refractivity contribution in [3.63, 3.8) is 0 Å². The number of nitriles is 1. The summed E-state index contributed by atoms with van der Waals surface area (Å²) in [5.41, 5.74) is 0.381. The van der Waals surface area contributed by atoms with Crippen LogP contribution in [0.15, 0.2) is 29.8 Å². The quantitative estimate of drug-likeness (QED) is 0.919. The minimum atomic E-state index is -0.0538. The summed E-state index contributed by atoms with van der Waals surface area (Å²) in [5, 5.41) is 15.5. The van der Waals surface area contributed by atoms with Gasteiger partial charge in [-0.1, -0.05) is 6.07 Å². The lowest BCUT2D eigenvalue weighted by molar-refractivity contribution is 0.0120. The van der Waals surface area contributed by atoms with Crippen LogP contribution in [0.1, 0.15) is 23.5 Å². The molecule has 0 saturated carbocycles. The van der Waals surface area contributed by atoms with Crippen molar-refractivity contribution in [2.75, 3.05) is 25.0 Å². The maximum atomic E-state index is 8.95. The van der Waals surface area contributed by atoms with Crippen LogP contribution >= 0.6 is 11.3 Å². The highest BCUT2D eigenvalue weighted by Gasteiger charge is 2.45. The van der Waals surface area contributed by atoms with Crippen molar-refractivity contribution in [3.05, 3.63) is 40.5 Å². The Bertz CT molecular complexity index is 744. The van der Waals surface area contributed by atoms with Crippen molar-refractivity contribution in [1.82, 2.24) is 14.9 Å². The molecule has 24 heavy (non-hydrogen) atoms. The largest absolute Gasteiger partial charge is 0.371 e. The summed E-state index contributed by atoms with van der Waals surface area (Å²) in [4.78, 5) is 11.1. The van der Waals surface area contributed by atoms with Gasteiger partial charge < -0.3 is 10.1 Å². The van der Waals surface area contributed by atoms with E-state index in [0.717, 1.165) is 43.3 Å². The number of aromatic nitrogens is 2. The molecule has 7 heteroatoms. The van der Waals surface area contributed by atoms with Gasteiger partial charge in [-0.2, -0.15) is 5.26 Å². The monoisotopic (exact) mass is 341 g/mol. The fraction of sp³-hybridized carbons (Fsp3) is 0.471. The number of nitrogens with one attached hydrogen (secondary N) is 1. The molecule has 0 radical (unpaired) electrons. The number of likely N-dealkylation sites (tertiary alicyclic amines) is 1. The van der Waals surface area contributed by atoms with E-state index < -0.39 is 0 Å². The van der Waals surface area contributed by atoms with Crippen LogP contribution in [0.3, 0.4) is 0 Å². The van der Waals surface area contributed by atoms with E-state index in [2.05, 4.69) is 26.3 Å². The van der Waals surface area contributed by atoms with E-state index in [4.69, 9.17) is 10.00 Å². The van der Waals surface area contributed by atoms with E-state index in [-0.39, 0.29) is 11.6 Å². The van der Waals surface area contributed by atoms with Crippen LogP contribution in [0.5, 0.6) is 0 Å². The summed E-state index contributed by atoms with van der Waals surface area (Å²) < 4.78 is 6.18. The molecule has 2 fully saturated rings. The van der Waals surface area contributed by atoms with E-state index in [1.54, 1.807) is 17.4 Å². The predicted octanol–water partition coefficient (Wildman–Crippen LogP) is 2.26. The molecule has 2 saturated heterocycles. The summed E-state index contributed by atoms with van der Waals surface area (Å²) in [6.45, 7) is 3.60. The number of pyridine rings is 1. The highest BCUT2D eigenvalue weighted by atomic mass is 32.1.